The Morgan fingerprint density at radius 2 is 2.11 bits per heavy atom. The molecule has 1 N–H and O–H groups in total. The predicted molar refractivity (Wildman–Crippen MR) is 76.8 cm³/mol. The first-order valence-corrected chi connectivity index (χ1v) is 6.60. The third kappa shape index (κ3) is 2.79. The van der Waals surface area contributed by atoms with Gasteiger partial charge in [0.2, 0.25) is 0 Å². The van der Waals surface area contributed by atoms with Crippen LogP contribution in [0.3, 0.4) is 0 Å². The van der Waals surface area contributed by atoms with Gasteiger partial charge in [0.25, 0.3) is 0 Å². The fourth-order valence-corrected chi connectivity index (χ4v) is 2.13. The number of fused-ring (bicyclic) bond motifs is 1. The Balaban J connectivity index is 2.15. The number of allylic oxidation sites excluding steroid dienone is 1. The minimum atomic E-state index is 0.914. The monoisotopic (exact) mass is 243 g/mol. The molecule has 0 radical (unpaired) electrons. The van der Waals surface area contributed by atoms with Crippen LogP contribution < -0.4 is 5.32 Å². The molecule has 2 aromatic rings. The van der Waals surface area contributed by atoms with E-state index in [1.807, 2.05) is 7.05 Å². The van der Waals surface area contributed by atoms with E-state index in [-0.39, 0.29) is 0 Å². The molecule has 0 bridgehead atoms. The largest absolute Gasteiger partial charge is 0.319 e. The summed E-state index contributed by atoms with van der Waals surface area (Å²) in [5.41, 5.74) is 2.41. The molecule has 3 heteroatoms. The average molecular weight is 243 g/mol. The van der Waals surface area contributed by atoms with E-state index in [2.05, 4.69) is 58.4 Å². The molecular weight excluding hydrogens is 222 g/mol. The molecule has 3 nitrogen and oxygen atoms in total. The maximum Gasteiger partial charge on any atom is 0.0740 e. The van der Waals surface area contributed by atoms with Crippen LogP contribution in [0.15, 0.2) is 36.4 Å². The lowest BCUT2D eigenvalue weighted by molar-refractivity contribution is 0.672. The van der Waals surface area contributed by atoms with Crippen molar-refractivity contribution in [1.82, 2.24) is 15.1 Å². The van der Waals surface area contributed by atoms with E-state index < -0.39 is 0 Å². The number of rotatable bonds is 6. The van der Waals surface area contributed by atoms with Crippen molar-refractivity contribution in [2.75, 3.05) is 13.6 Å². The van der Waals surface area contributed by atoms with Gasteiger partial charge in [-0.2, -0.15) is 5.10 Å². The Kier molecular flexibility index (Phi) is 4.53. The molecule has 0 unspecified atom stereocenters. The number of nitrogens with zero attached hydrogens (tertiary/aromatic N) is 2. The number of hydrogen-bond donors (Lipinski definition) is 1. The van der Waals surface area contributed by atoms with Crippen LogP contribution in [0.1, 0.15) is 19.0 Å². The third-order valence-corrected chi connectivity index (χ3v) is 3.07. The summed E-state index contributed by atoms with van der Waals surface area (Å²) < 4.78 is 2.08. The molecule has 18 heavy (non-hydrogen) atoms. The molecule has 0 aliphatic rings. The molecule has 2 rings (SSSR count). The van der Waals surface area contributed by atoms with E-state index in [4.69, 9.17) is 0 Å². The zero-order valence-electron chi connectivity index (χ0n) is 11.2. The van der Waals surface area contributed by atoms with Crippen molar-refractivity contribution in [3.63, 3.8) is 0 Å². The number of para-hydroxylation sites is 1. The Morgan fingerprint density at radius 1 is 1.28 bits per heavy atom. The van der Waals surface area contributed by atoms with Crippen molar-refractivity contribution >= 4 is 10.9 Å². The summed E-state index contributed by atoms with van der Waals surface area (Å²) in [5, 5.41) is 9.09. The number of hydrogen-bond acceptors (Lipinski definition) is 2. The first-order valence-electron chi connectivity index (χ1n) is 6.60. The summed E-state index contributed by atoms with van der Waals surface area (Å²) in [6.07, 6.45) is 6.42. The highest BCUT2D eigenvalue weighted by atomic mass is 15.3. The van der Waals surface area contributed by atoms with Crippen LogP contribution in [0.2, 0.25) is 0 Å². The van der Waals surface area contributed by atoms with Crippen molar-refractivity contribution in [3.8, 4) is 0 Å². The van der Waals surface area contributed by atoms with Crippen LogP contribution >= 0.6 is 0 Å². The fourth-order valence-electron chi connectivity index (χ4n) is 2.13. The Hall–Kier alpha value is -1.61. The number of aryl methyl sites for hydroxylation is 1. The molecule has 1 aromatic heterocycles. The van der Waals surface area contributed by atoms with Gasteiger partial charge in [0, 0.05) is 18.4 Å². The molecule has 1 heterocycles. The topological polar surface area (TPSA) is 29.9 Å². The molecule has 0 atom stereocenters. The maximum atomic E-state index is 4.68. The van der Waals surface area contributed by atoms with Gasteiger partial charge in [-0.1, -0.05) is 30.4 Å². The number of nitrogens with one attached hydrogen (secondary N) is 1. The van der Waals surface area contributed by atoms with Gasteiger partial charge in [-0.25, -0.2) is 0 Å². The first kappa shape index (κ1) is 12.8. The van der Waals surface area contributed by atoms with Crippen molar-refractivity contribution in [3.05, 3.63) is 42.1 Å². The second kappa shape index (κ2) is 6.36. The molecule has 1 aromatic carbocycles. The molecule has 0 fully saturated rings. The highest BCUT2D eigenvalue weighted by Gasteiger charge is 2.06. The van der Waals surface area contributed by atoms with Crippen LogP contribution in [0, 0.1) is 0 Å². The van der Waals surface area contributed by atoms with E-state index in [9.17, 15) is 0 Å². The highest BCUT2D eigenvalue weighted by molar-refractivity contribution is 5.82. The lowest BCUT2D eigenvalue weighted by atomic mass is 10.1. The predicted octanol–water partition coefficient (Wildman–Crippen LogP) is 2.76. The van der Waals surface area contributed by atoms with Gasteiger partial charge in [0.1, 0.15) is 0 Å². The van der Waals surface area contributed by atoms with Gasteiger partial charge >= 0.3 is 0 Å². The summed E-state index contributed by atoms with van der Waals surface area (Å²) in [4.78, 5) is 0. The van der Waals surface area contributed by atoms with Crippen LogP contribution in [0.4, 0.5) is 0 Å². The first-order chi connectivity index (χ1) is 8.86. The molecule has 0 aliphatic carbocycles. The van der Waals surface area contributed by atoms with Gasteiger partial charge in [-0.15, -0.1) is 0 Å². The zero-order chi connectivity index (χ0) is 12.8. The normalized spacial score (nSPS) is 11.7. The van der Waals surface area contributed by atoms with Gasteiger partial charge < -0.3 is 5.32 Å². The smallest absolute Gasteiger partial charge is 0.0740 e. The molecule has 0 spiro atoms. The fraction of sp³-hybridized carbons (Fsp3) is 0.400. The Labute approximate surface area is 109 Å². The molecule has 0 saturated carbocycles. The molecular formula is C15H21N3. The molecule has 96 valence electrons. The second-order valence-electron chi connectivity index (χ2n) is 4.35. The van der Waals surface area contributed by atoms with Crippen LogP contribution in [-0.2, 0) is 13.0 Å². The van der Waals surface area contributed by atoms with E-state index in [1.165, 1.54) is 16.6 Å². The average Bonchev–Trinajstić information content (AvgIpc) is 2.77. The second-order valence-corrected chi connectivity index (χ2v) is 4.35. The van der Waals surface area contributed by atoms with Gasteiger partial charge in [0.15, 0.2) is 0 Å². The SMILES string of the molecule is CCn1nc(CC=CCCNC)c2ccccc21. The molecule has 0 aliphatic heterocycles. The Bertz CT molecular complexity index is 526. The van der Waals surface area contributed by atoms with Crippen molar-refractivity contribution in [1.29, 1.82) is 0 Å². The van der Waals surface area contributed by atoms with E-state index >= 15 is 0 Å². The van der Waals surface area contributed by atoms with Crippen LogP contribution in [0.5, 0.6) is 0 Å². The maximum absolute atomic E-state index is 4.68. The quantitative estimate of drug-likeness (QED) is 0.624. The summed E-state index contributed by atoms with van der Waals surface area (Å²) in [6, 6.07) is 8.45. The number of aromatic nitrogens is 2. The standard InChI is InChI=1S/C15H21N3/c1-3-18-15-11-7-6-9-13(15)14(17-18)10-5-4-8-12-16-2/h4-7,9,11,16H,3,8,10,12H2,1-2H3. The third-order valence-electron chi connectivity index (χ3n) is 3.07. The minimum absolute atomic E-state index is 0.914. The van der Waals surface area contributed by atoms with E-state index in [1.54, 1.807) is 0 Å². The van der Waals surface area contributed by atoms with Crippen LogP contribution in [-0.4, -0.2) is 23.4 Å². The van der Waals surface area contributed by atoms with Crippen molar-refractivity contribution < 1.29 is 0 Å². The van der Waals surface area contributed by atoms with Crippen molar-refractivity contribution in [2.24, 2.45) is 0 Å². The van der Waals surface area contributed by atoms with Gasteiger partial charge in [-0.05, 0) is 33.0 Å². The number of benzene rings is 1. The lowest BCUT2D eigenvalue weighted by Crippen LogP contribution is -2.05. The van der Waals surface area contributed by atoms with E-state index in [0.29, 0.717) is 0 Å². The summed E-state index contributed by atoms with van der Waals surface area (Å²) in [7, 11) is 1.98. The molecule has 0 amide bonds. The van der Waals surface area contributed by atoms with E-state index in [0.717, 1.165) is 25.9 Å². The lowest BCUT2D eigenvalue weighted by Gasteiger charge is -1.95. The highest BCUT2D eigenvalue weighted by Crippen LogP contribution is 2.18. The van der Waals surface area contributed by atoms with Crippen molar-refractivity contribution in [2.45, 2.75) is 26.3 Å². The summed E-state index contributed by atoms with van der Waals surface area (Å²) in [6.45, 7) is 4.08. The Morgan fingerprint density at radius 3 is 2.89 bits per heavy atom. The molecule has 0 saturated heterocycles. The summed E-state index contributed by atoms with van der Waals surface area (Å²) >= 11 is 0. The van der Waals surface area contributed by atoms with Gasteiger partial charge in [0.05, 0.1) is 11.2 Å². The minimum Gasteiger partial charge on any atom is -0.319 e. The van der Waals surface area contributed by atoms with Gasteiger partial charge in [-0.3, -0.25) is 4.68 Å². The zero-order valence-corrected chi connectivity index (χ0v) is 11.2. The van der Waals surface area contributed by atoms with Crippen LogP contribution in [0.25, 0.3) is 10.9 Å². The summed E-state index contributed by atoms with van der Waals surface area (Å²) in [5.74, 6) is 0.